The maximum absolute atomic E-state index is 5.36. The van der Waals surface area contributed by atoms with Crippen LogP contribution in [-0.4, -0.2) is 6.54 Å². The highest BCUT2D eigenvalue weighted by molar-refractivity contribution is 5.05. The number of hydrazine groups is 1. The van der Waals surface area contributed by atoms with E-state index in [2.05, 4.69) is 5.43 Å². The Bertz CT molecular complexity index is 208. The summed E-state index contributed by atoms with van der Waals surface area (Å²) >= 11 is 0. The number of nitrogens with two attached hydrogens (primary N) is 1. The Kier molecular flexibility index (Phi) is 3.14. The van der Waals surface area contributed by atoms with E-state index in [-0.39, 0.29) is 0 Å². The second-order valence-electron chi connectivity index (χ2n) is 2.57. The number of hydrogen-bond donors (Lipinski definition) is 2. The van der Waals surface area contributed by atoms with Gasteiger partial charge in [-0.3, -0.25) is 11.3 Å². The number of furan rings is 1. The van der Waals surface area contributed by atoms with Gasteiger partial charge in [0.05, 0.1) is 0 Å². The zero-order valence-corrected chi connectivity index (χ0v) is 6.76. The predicted molar refractivity (Wildman–Crippen MR) is 44.0 cm³/mol. The molecule has 0 saturated heterocycles. The van der Waals surface area contributed by atoms with Crippen molar-refractivity contribution in [2.24, 2.45) is 5.84 Å². The quantitative estimate of drug-likeness (QED) is 0.386. The molecule has 1 heterocycles. The third-order valence-electron chi connectivity index (χ3n) is 1.54. The highest BCUT2D eigenvalue weighted by Crippen LogP contribution is 2.07. The van der Waals surface area contributed by atoms with E-state index in [1.807, 2.05) is 19.1 Å². The van der Waals surface area contributed by atoms with Crippen molar-refractivity contribution in [2.75, 3.05) is 6.54 Å². The number of hydrogen-bond acceptors (Lipinski definition) is 3. The highest BCUT2D eigenvalue weighted by Gasteiger charge is 1.96. The molecule has 0 spiro atoms. The summed E-state index contributed by atoms with van der Waals surface area (Å²) in [4.78, 5) is 0. The molecule has 0 atom stereocenters. The molecule has 1 aromatic heterocycles. The largest absolute Gasteiger partial charge is 0.466 e. The first-order chi connectivity index (χ1) is 5.33. The van der Waals surface area contributed by atoms with E-state index in [1.54, 1.807) is 0 Å². The van der Waals surface area contributed by atoms with E-state index in [1.165, 1.54) is 0 Å². The highest BCUT2D eigenvalue weighted by atomic mass is 16.3. The molecule has 0 amide bonds. The second-order valence-corrected chi connectivity index (χ2v) is 2.57. The molecular weight excluding hydrogens is 140 g/mol. The molecule has 0 fully saturated rings. The third-order valence-corrected chi connectivity index (χ3v) is 1.54. The lowest BCUT2D eigenvalue weighted by atomic mass is 10.2. The fourth-order valence-corrected chi connectivity index (χ4v) is 0.984. The van der Waals surface area contributed by atoms with Crippen molar-refractivity contribution >= 4 is 0 Å². The van der Waals surface area contributed by atoms with Gasteiger partial charge >= 0.3 is 0 Å². The molecule has 62 valence electrons. The molecule has 11 heavy (non-hydrogen) atoms. The van der Waals surface area contributed by atoms with Gasteiger partial charge in [0, 0.05) is 13.0 Å². The van der Waals surface area contributed by atoms with E-state index in [0.717, 1.165) is 30.9 Å². The minimum atomic E-state index is 0.833. The lowest BCUT2D eigenvalue weighted by Crippen LogP contribution is -2.23. The maximum atomic E-state index is 5.36. The molecule has 0 aliphatic rings. The van der Waals surface area contributed by atoms with Crippen LogP contribution < -0.4 is 11.3 Å². The van der Waals surface area contributed by atoms with Crippen LogP contribution >= 0.6 is 0 Å². The fourth-order valence-electron chi connectivity index (χ4n) is 0.984. The van der Waals surface area contributed by atoms with Crippen molar-refractivity contribution in [1.29, 1.82) is 0 Å². The van der Waals surface area contributed by atoms with Gasteiger partial charge in [-0.25, -0.2) is 0 Å². The van der Waals surface area contributed by atoms with Crippen molar-refractivity contribution in [2.45, 2.75) is 19.8 Å². The van der Waals surface area contributed by atoms with Crippen molar-refractivity contribution in [3.8, 4) is 0 Å². The van der Waals surface area contributed by atoms with Crippen LogP contribution in [-0.2, 0) is 6.42 Å². The SMILES string of the molecule is Cc1ccc(CCCNN)o1. The molecule has 3 N–H and O–H groups in total. The summed E-state index contributed by atoms with van der Waals surface area (Å²) in [7, 11) is 0. The average molecular weight is 154 g/mol. The average Bonchev–Trinajstić information content (AvgIpc) is 2.37. The lowest BCUT2D eigenvalue weighted by molar-refractivity contribution is 0.474. The van der Waals surface area contributed by atoms with Gasteiger partial charge in [0.2, 0.25) is 0 Å². The van der Waals surface area contributed by atoms with Crippen LogP contribution in [0.3, 0.4) is 0 Å². The minimum Gasteiger partial charge on any atom is -0.466 e. The Balaban J connectivity index is 2.27. The fraction of sp³-hybridized carbons (Fsp3) is 0.500. The van der Waals surface area contributed by atoms with Gasteiger partial charge < -0.3 is 4.42 Å². The Hall–Kier alpha value is -0.800. The number of aryl methyl sites for hydroxylation is 2. The zero-order valence-electron chi connectivity index (χ0n) is 6.76. The van der Waals surface area contributed by atoms with Crippen LogP contribution in [0.2, 0.25) is 0 Å². The topological polar surface area (TPSA) is 51.2 Å². The molecule has 1 rings (SSSR count). The molecule has 1 aromatic rings. The normalized spacial score (nSPS) is 10.4. The van der Waals surface area contributed by atoms with Gasteiger partial charge in [-0.1, -0.05) is 0 Å². The Labute approximate surface area is 66.5 Å². The molecule has 0 unspecified atom stereocenters. The van der Waals surface area contributed by atoms with Gasteiger partial charge in [-0.15, -0.1) is 0 Å². The zero-order chi connectivity index (χ0) is 8.10. The third kappa shape index (κ3) is 2.74. The van der Waals surface area contributed by atoms with Crippen LogP contribution in [0, 0.1) is 6.92 Å². The summed E-state index contributed by atoms with van der Waals surface area (Å²) in [6, 6.07) is 3.98. The van der Waals surface area contributed by atoms with E-state index in [0.29, 0.717) is 0 Å². The molecule has 0 bridgehead atoms. The van der Waals surface area contributed by atoms with E-state index < -0.39 is 0 Å². The van der Waals surface area contributed by atoms with Gasteiger partial charge in [-0.05, 0) is 25.5 Å². The maximum Gasteiger partial charge on any atom is 0.104 e. The predicted octanol–water partition coefficient (Wildman–Crippen LogP) is 0.984. The van der Waals surface area contributed by atoms with E-state index in [9.17, 15) is 0 Å². The monoisotopic (exact) mass is 154 g/mol. The van der Waals surface area contributed by atoms with Crippen molar-refractivity contribution in [1.82, 2.24) is 5.43 Å². The summed E-state index contributed by atoms with van der Waals surface area (Å²) in [5, 5.41) is 0. The van der Waals surface area contributed by atoms with Crippen LogP contribution in [0.15, 0.2) is 16.5 Å². The van der Waals surface area contributed by atoms with Gasteiger partial charge in [0.1, 0.15) is 11.5 Å². The Morgan fingerprint density at radius 2 is 2.36 bits per heavy atom. The molecule has 3 nitrogen and oxygen atoms in total. The molecule has 0 aliphatic heterocycles. The summed E-state index contributed by atoms with van der Waals surface area (Å²) in [6.45, 7) is 2.78. The minimum absolute atomic E-state index is 0.833. The van der Waals surface area contributed by atoms with E-state index in [4.69, 9.17) is 10.3 Å². The smallest absolute Gasteiger partial charge is 0.104 e. The van der Waals surface area contributed by atoms with Crippen LogP contribution in [0.25, 0.3) is 0 Å². The van der Waals surface area contributed by atoms with Crippen LogP contribution in [0.5, 0.6) is 0 Å². The standard InChI is InChI=1S/C8H14N2O/c1-7-4-5-8(11-7)3-2-6-10-9/h4-5,10H,2-3,6,9H2,1H3. The molecule has 3 heteroatoms. The summed E-state index contributed by atoms with van der Waals surface area (Å²) < 4.78 is 5.36. The van der Waals surface area contributed by atoms with Crippen molar-refractivity contribution in [3.63, 3.8) is 0 Å². The van der Waals surface area contributed by atoms with Crippen molar-refractivity contribution in [3.05, 3.63) is 23.7 Å². The second kappa shape index (κ2) is 4.16. The first kappa shape index (κ1) is 8.30. The number of rotatable bonds is 4. The Morgan fingerprint density at radius 1 is 1.55 bits per heavy atom. The van der Waals surface area contributed by atoms with Gasteiger partial charge in [-0.2, -0.15) is 0 Å². The molecule has 0 aromatic carbocycles. The first-order valence-electron chi connectivity index (χ1n) is 3.81. The van der Waals surface area contributed by atoms with Gasteiger partial charge in [0.25, 0.3) is 0 Å². The van der Waals surface area contributed by atoms with Crippen LogP contribution in [0.1, 0.15) is 17.9 Å². The molecular formula is C8H14N2O. The van der Waals surface area contributed by atoms with Crippen LogP contribution in [0.4, 0.5) is 0 Å². The summed E-state index contributed by atoms with van der Waals surface area (Å²) in [6.07, 6.45) is 1.97. The molecule has 0 aliphatic carbocycles. The Morgan fingerprint density at radius 3 is 2.91 bits per heavy atom. The first-order valence-corrected chi connectivity index (χ1v) is 3.81. The van der Waals surface area contributed by atoms with Crippen molar-refractivity contribution < 1.29 is 4.42 Å². The lowest BCUT2D eigenvalue weighted by Gasteiger charge is -1.95. The summed E-state index contributed by atoms with van der Waals surface area (Å²) in [5.41, 5.74) is 2.60. The van der Waals surface area contributed by atoms with Gasteiger partial charge in [0.15, 0.2) is 0 Å². The summed E-state index contributed by atoms with van der Waals surface area (Å²) in [5.74, 6) is 7.13. The van der Waals surface area contributed by atoms with E-state index >= 15 is 0 Å². The molecule has 0 radical (unpaired) electrons. The molecule has 0 saturated carbocycles. The number of nitrogens with one attached hydrogen (secondary N) is 1.